The first kappa shape index (κ1) is 27.0. The second-order valence-corrected chi connectivity index (χ2v) is 11.3. The fraction of sp³-hybridized carbons (Fsp3) is 0.176. The number of nitrogens with zero attached hydrogens (tertiary/aromatic N) is 1. The van der Waals surface area contributed by atoms with Crippen molar-refractivity contribution in [1.82, 2.24) is 10.2 Å². The summed E-state index contributed by atoms with van der Waals surface area (Å²) in [7, 11) is 0. The summed E-state index contributed by atoms with van der Waals surface area (Å²) in [6, 6.07) is 25.2. The van der Waals surface area contributed by atoms with E-state index in [1.54, 1.807) is 54.6 Å². The van der Waals surface area contributed by atoms with Crippen LogP contribution in [0.15, 0.2) is 84.9 Å². The Morgan fingerprint density at radius 3 is 2.17 bits per heavy atom. The molecule has 210 valence electrons. The molecule has 42 heavy (non-hydrogen) atoms. The van der Waals surface area contributed by atoms with Gasteiger partial charge in [-0.1, -0.05) is 63.2 Å². The zero-order chi connectivity index (χ0) is 29.4. The van der Waals surface area contributed by atoms with Gasteiger partial charge in [0.1, 0.15) is 18.1 Å². The molecule has 1 heterocycles. The van der Waals surface area contributed by atoms with Crippen molar-refractivity contribution in [2.24, 2.45) is 0 Å². The Hall–Kier alpha value is -5.24. The number of aromatic nitrogens is 2. The smallest absolute Gasteiger partial charge is 0.263 e. The van der Waals surface area contributed by atoms with Crippen molar-refractivity contribution in [2.45, 2.75) is 32.8 Å². The van der Waals surface area contributed by atoms with Gasteiger partial charge >= 0.3 is 0 Å². The Balaban J connectivity index is 1.08. The molecule has 0 radical (unpaired) electrons. The lowest BCUT2D eigenvalue weighted by Crippen LogP contribution is -2.21. The number of hydrogen-bond acceptors (Lipinski definition) is 6. The predicted octanol–water partition coefficient (Wildman–Crippen LogP) is 6.23. The van der Waals surface area contributed by atoms with E-state index >= 15 is 0 Å². The zero-order valence-corrected chi connectivity index (χ0v) is 23.5. The lowest BCUT2D eigenvalue weighted by molar-refractivity contribution is -0.118. The molecule has 0 atom stereocenters. The van der Waals surface area contributed by atoms with E-state index in [4.69, 9.17) is 9.47 Å². The van der Waals surface area contributed by atoms with Crippen LogP contribution in [-0.2, 0) is 16.8 Å². The molecule has 0 bridgehead atoms. The highest BCUT2D eigenvalue weighted by Crippen LogP contribution is 2.29. The maximum absolute atomic E-state index is 13.0. The van der Waals surface area contributed by atoms with E-state index in [2.05, 4.69) is 36.3 Å². The number of ether oxygens (including phenoxy) is 2. The van der Waals surface area contributed by atoms with Crippen LogP contribution in [-0.4, -0.2) is 34.3 Å². The van der Waals surface area contributed by atoms with Crippen LogP contribution in [0.3, 0.4) is 0 Å². The summed E-state index contributed by atoms with van der Waals surface area (Å²) < 4.78 is 11.6. The Labute approximate surface area is 242 Å². The van der Waals surface area contributed by atoms with Gasteiger partial charge in [-0.3, -0.25) is 19.5 Å². The molecule has 1 amide bonds. The third-order valence-electron chi connectivity index (χ3n) is 7.28. The van der Waals surface area contributed by atoms with Crippen LogP contribution in [0, 0.1) is 0 Å². The molecule has 5 aromatic rings. The number of carbonyl (C=O) groups excluding carboxylic acids is 3. The van der Waals surface area contributed by atoms with Gasteiger partial charge in [-0.15, -0.1) is 0 Å². The van der Waals surface area contributed by atoms with Crippen LogP contribution >= 0.6 is 0 Å². The largest absolute Gasteiger partial charge is 0.489 e. The number of carbonyl (C=O) groups is 3. The Morgan fingerprint density at radius 2 is 1.45 bits per heavy atom. The van der Waals surface area contributed by atoms with Gasteiger partial charge < -0.3 is 14.8 Å². The molecular weight excluding hydrogens is 530 g/mol. The van der Waals surface area contributed by atoms with E-state index in [0.29, 0.717) is 45.1 Å². The molecule has 0 spiro atoms. The highest BCUT2D eigenvalue weighted by Gasteiger charge is 2.29. The predicted molar refractivity (Wildman–Crippen MR) is 159 cm³/mol. The molecule has 0 fully saturated rings. The van der Waals surface area contributed by atoms with Gasteiger partial charge in [-0.2, -0.15) is 5.10 Å². The number of rotatable bonds is 7. The molecule has 2 N–H and O–H groups in total. The number of hydrogen-bond donors (Lipinski definition) is 2. The first-order valence-corrected chi connectivity index (χ1v) is 13.6. The van der Waals surface area contributed by atoms with Gasteiger partial charge in [0.15, 0.2) is 24.0 Å². The number of anilines is 1. The lowest BCUT2D eigenvalue weighted by atomic mass is 9.83. The number of ketones is 2. The van der Waals surface area contributed by atoms with Crippen molar-refractivity contribution in [3.8, 4) is 11.5 Å². The van der Waals surface area contributed by atoms with Crippen LogP contribution in [0.4, 0.5) is 5.82 Å². The lowest BCUT2D eigenvalue weighted by Gasteiger charge is -2.19. The maximum Gasteiger partial charge on any atom is 0.263 e. The number of H-pyrrole nitrogens is 1. The van der Waals surface area contributed by atoms with Crippen molar-refractivity contribution >= 4 is 34.2 Å². The van der Waals surface area contributed by atoms with E-state index in [1.807, 2.05) is 30.3 Å². The zero-order valence-electron chi connectivity index (χ0n) is 23.5. The van der Waals surface area contributed by atoms with Crippen LogP contribution in [0.5, 0.6) is 11.5 Å². The van der Waals surface area contributed by atoms with Gasteiger partial charge in [0.05, 0.1) is 5.52 Å². The summed E-state index contributed by atoms with van der Waals surface area (Å²) in [5.74, 6) is 0.946. The monoisotopic (exact) mass is 559 g/mol. The first-order valence-electron chi connectivity index (χ1n) is 13.6. The SMILES string of the molecule is CC(C)(C)c1ccc(OCC(=O)Nc2n[nH]c3cc(OCc4ccc5c(c4)C(=O)c4ccccc4C5=O)ccc23)cc1. The molecular formula is C34H29N3O5. The highest BCUT2D eigenvalue weighted by atomic mass is 16.5. The Morgan fingerprint density at radius 1 is 0.786 bits per heavy atom. The molecule has 8 nitrogen and oxygen atoms in total. The van der Waals surface area contributed by atoms with Crippen molar-refractivity contribution in [2.75, 3.05) is 11.9 Å². The molecule has 1 aliphatic carbocycles. The van der Waals surface area contributed by atoms with Crippen molar-refractivity contribution in [1.29, 1.82) is 0 Å². The molecule has 6 rings (SSSR count). The Kier molecular flexibility index (Phi) is 6.82. The third kappa shape index (κ3) is 5.26. The van der Waals surface area contributed by atoms with Gasteiger partial charge in [-0.05, 0) is 52.9 Å². The fourth-order valence-corrected chi connectivity index (χ4v) is 4.95. The van der Waals surface area contributed by atoms with Crippen LogP contribution in [0.25, 0.3) is 10.9 Å². The Bertz CT molecular complexity index is 1850. The second-order valence-electron chi connectivity index (χ2n) is 11.3. The van der Waals surface area contributed by atoms with Gasteiger partial charge in [0, 0.05) is 33.7 Å². The van der Waals surface area contributed by atoms with E-state index in [0.717, 1.165) is 10.9 Å². The summed E-state index contributed by atoms with van der Waals surface area (Å²) in [4.78, 5) is 38.4. The van der Waals surface area contributed by atoms with Gasteiger partial charge in [0.2, 0.25) is 0 Å². The van der Waals surface area contributed by atoms with Crippen LogP contribution < -0.4 is 14.8 Å². The molecule has 1 aliphatic rings. The second kappa shape index (κ2) is 10.6. The number of nitrogens with one attached hydrogen (secondary N) is 2. The first-order chi connectivity index (χ1) is 20.2. The van der Waals surface area contributed by atoms with Crippen LogP contribution in [0.2, 0.25) is 0 Å². The molecule has 0 aliphatic heterocycles. The van der Waals surface area contributed by atoms with Gasteiger partial charge in [0.25, 0.3) is 5.91 Å². The number of fused-ring (bicyclic) bond motifs is 3. The quantitative estimate of drug-likeness (QED) is 0.240. The minimum Gasteiger partial charge on any atom is -0.489 e. The average Bonchev–Trinajstić information content (AvgIpc) is 3.39. The van der Waals surface area contributed by atoms with Crippen molar-refractivity contribution < 1.29 is 23.9 Å². The molecule has 0 unspecified atom stereocenters. The van der Waals surface area contributed by atoms with E-state index in [-0.39, 0.29) is 36.1 Å². The maximum atomic E-state index is 13.0. The molecule has 1 aromatic heterocycles. The number of benzene rings is 4. The summed E-state index contributed by atoms with van der Waals surface area (Å²) in [5.41, 5.74) is 4.31. The number of aromatic amines is 1. The van der Waals surface area contributed by atoms with E-state index in [9.17, 15) is 14.4 Å². The van der Waals surface area contributed by atoms with Crippen LogP contribution in [0.1, 0.15) is 63.7 Å². The molecule has 0 saturated carbocycles. The molecule has 4 aromatic carbocycles. The average molecular weight is 560 g/mol. The fourth-order valence-electron chi connectivity index (χ4n) is 4.95. The summed E-state index contributed by atoms with van der Waals surface area (Å²) in [6.07, 6.45) is 0. The molecule has 0 saturated heterocycles. The van der Waals surface area contributed by atoms with Crippen molar-refractivity contribution in [3.05, 3.63) is 118 Å². The minimum atomic E-state index is -0.327. The highest BCUT2D eigenvalue weighted by molar-refractivity contribution is 6.28. The third-order valence-corrected chi connectivity index (χ3v) is 7.28. The summed E-state index contributed by atoms with van der Waals surface area (Å²) in [5, 5.41) is 10.7. The van der Waals surface area contributed by atoms with E-state index in [1.165, 1.54) is 5.56 Å². The molecule has 8 heteroatoms. The summed E-state index contributed by atoms with van der Waals surface area (Å²) in [6.45, 7) is 6.47. The topological polar surface area (TPSA) is 110 Å². The van der Waals surface area contributed by atoms with Crippen molar-refractivity contribution in [3.63, 3.8) is 0 Å². The summed E-state index contributed by atoms with van der Waals surface area (Å²) >= 11 is 0. The standard InChI is InChI=1S/C34H29N3O5/c1-34(2,3)21-9-11-22(12-10-21)42-19-30(38)35-33-27-15-13-23(17-29(27)36-37-33)41-18-20-8-14-26-28(16-20)32(40)25-7-5-4-6-24(25)31(26)39/h4-17H,18-19H2,1-3H3,(H2,35,36,37,38). The van der Waals surface area contributed by atoms with E-state index < -0.39 is 0 Å². The minimum absolute atomic E-state index is 0.0401. The normalized spacial score (nSPS) is 12.5. The number of amides is 1. The van der Waals surface area contributed by atoms with Gasteiger partial charge in [-0.25, -0.2) is 0 Å².